The monoisotopic (exact) mass is 144 g/mol. The standard InChI is InChI=1S/C6H12N2S/c1-6(9)7-4-5-8(2)3/h4H,5H2,1-3H3. The molecule has 0 fully saturated rings. The smallest absolute Gasteiger partial charge is 0.0995 e. The molecule has 0 heterocycles. The molecule has 52 valence electrons. The van der Waals surface area contributed by atoms with E-state index in [1.54, 1.807) is 0 Å². The molecule has 0 N–H and O–H groups in total. The maximum Gasteiger partial charge on any atom is 0.0995 e. The Kier molecular flexibility index (Phi) is 4.44. The van der Waals surface area contributed by atoms with Gasteiger partial charge in [0.15, 0.2) is 0 Å². The highest BCUT2D eigenvalue weighted by Crippen LogP contribution is 1.75. The Morgan fingerprint density at radius 3 is 2.56 bits per heavy atom. The summed E-state index contributed by atoms with van der Waals surface area (Å²) in [5.74, 6) is 0. The van der Waals surface area contributed by atoms with Crippen LogP contribution in [-0.4, -0.2) is 36.7 Å². The predicted molar refractivity (Wildman–Crippen MR) is 45.3 cm³/mol. The van der Waals surface area contributed by atoms with Crippen molar-refractivity contribution in [2.75, 3.05) is 20.6 Å². The van der Waals surface area contributed by atoms with Gasteiger partial charge in [0.1, 0.15) is 0 Å². The molecule has 0 aliphatic rings. The molecule has 0 unspecified atom stereocenters. The van der Waals surface area contributed by atoms with Gasteiger partial charge in [-0.1, -0.05) is 12.2 Å². The van der Waals surface area contributed by atoms with Crippen LogP contribution in [0.3, 0.4) is 0 Å². The zero-order valence-electron chi connectivity index (χ0n) is 6.09. The number of nitrogens with zero attached hydrogens (tertiary/aromatic N) is 2. The molecule has 0 spiro atoms. The van der Waals surface area contributed by atoms with Gasteiger partial charge in [-0.3, -0.25) is 4.99 Å². The van der Waals surface area contributed by atoms with Crippen molar-refractivity contribution >= 4 is 23.4 Å². The lowest BCUT2D eigenvalue weighted by Crippen LogP contribution is -2.14. The van der Waals surface area contributed by atoms with Gasteiger partial charge < -0.3 is 4.90 Å². The minimum atomic E-state index is 0.692. The normalized spacial score (nSPS) is 11.1. The van der Waals surface area contributed by atoms with Gasteiger partial charge in [0.2, 0.25) is 0 Å². The summed E-state index contributed by atoms with van der Waals surface area (Å²) in [4.78, 5) is 6.65. The Labute approximate surface area is 61.6 Å². The summed E-state index contributed by atoms with van der Waals surface area (Å²) in [6.45, 7) is 2.66. The lowest BCUT2D eigenvalue weighted by Gasteiger charge is -2.01. The van der Waals surface area contributed by atoms with E-state index in [1.807, 2.05) is 32.1 Å². The fraction of sp³-hybridized carbons (Fsp3) is 0.667. The molecule has 0 radical (unpaired) electrons. The number of thiocarbonyl (C=S) groups is 1. The average Bonchev–Trinajstić information content (AvgIpc) is 1.63. The zero-order valence-corrected chi connectivity index (χ0v) is 6.90. The summed E-state index contributed by atoms with van der Waals surface area (Å²) in [5.41, 5.74) is 0. The third-order valence-electron chi connectivity index (χ3n) is 0.720. The van der Waals surface area contributed by atoms with Crippen molar-refractivity contribution in [3.63, 3.8) is 0 Å². The zero-order chi connectivity index (χ0) is 7.28. The molecule has 3 heteroatoms. The molecule has 9 heavy (non-hydrogen) atoms. The summed E-state index contributed by atoms with van der Waals surface area (Å²) in [6, 6.07) is 0. The van der Waals surface area contributed by atoms with Crippen LogP contribution in [0.5, 0.6) is 0 Å². The molecule has 0 aliphatic heterocycles. The van der Waals surface area contributed by atoms with Gasteiger partial charge in [-0.2, -0.15) is 0 Å². The molecule has 0 atom stereocenters. The first kappa shape index (κ1) is 8.72. The minimum Gasteiger partial charge on any atom is -0.304 e. The summed E-state index contributed by atoms with van der Waals surface area (Å²) in [5, 5.41) is 0. The van der Waals surface area contributed by atoms with Crippen LogP contribution in [0.1, 0.15) is 6.92 Å². The lowest BCUT2D eigenvalue weighted by atomic mass is 10.6. The average molecular weight is 144 g/mol. The molecule has 0 aromatic carbocycles. The van der Waals surface area contributed by atoms with Gasteiger partial charge in [0.05, 0.1) is 4.99 Å². The van der Waals surface area contributed by atoms with Crippen LogP contribution in [0.15, 0.2) is 4.99 Å². The van der Waals surface area contributed by atoms with Crippen LogP contribution in [-0.2, 0) is 0 Å². The quantitative estimate of drug-likeness (QED) is 0.424. The molecule has 0 aromatic rings. The molecule has 2 nitrogen and oxygen atoms in total. The number of hydrogen-bond acceptors (Lipinski definition) is 2. The molecule has 0 saturated heterocycles. The van der Waals surface area contributed by atoms with Gasteiger partial charge >= 0.3 is 0 Å². The first-order chi connectivity index (χ1) is 4.13. The maximum atomic E-state index is 4.73. The van der Waals surface area contributed by atoms with Crippen molar-refractivity contribution in [2.45, 2.75) is 6.92 Å². The number of hydrogen-bond donors (Lipinski definition) is 0. The SMILES string of the molecule is CC(=S)N=CCN(C)C. The second-order valence-electron chi connectivity index (χ2n) is 2.09. The van der Waals surface area contributed by atoms with E-state index < -0.39 is 0 Å². The van der Waals surface area contributed by atoms with Gasteiger partial charge in [-0.05, 0) is 21.0 Å². The van der Waals surface area contributed by atoms with Gasteiger partial charge in [-0.15, -0.1) is 0 Å². The van der Waals surface area contributed by atoms with Crippen LogP contribution in [0.25, 0.3) is 0 Å². The molecule has 0 rings (SSSR count). The topological polar surface area (TPSA) is 15.6 Å². The highest BCUT2D eigenvalue weighted by Gasteiger charge is 1.81. The number of aliphatic imine (C=N–C) groups is 1. The van der Waals surface area contributed by atoms with E-state index in [0.717, 1.165) is 6.54 Å². The second kappa shape index (κ2) is 4.58. The van der Waals surface area contributed by atoms with Crippen molar-refractivity contribution in [1.82, 2.24) is 4.90 Å². The van der Waals surface area contributed by atoms with Crippen LogP contribution in [0, 0.1) is 0 Å². The van der Waals surface area contributed by atoms with Gasteiger partial charge in [0, 0.05) is 12.8 Å². The lowest BCUT2D eigenvalue weighted by molar-refractivity contribution is 0.474. The molecule has 0 aromatic heterocycles. The minimum absolute atomic E-state index is 0.692. The van der Waals surface area contributed by atoms with E-state index in [1.165, 1.54) is 0 Å². The Morgan fingerprint density at radius 1 is 1.67 bits per heavy atom. The van der Waals surface area contributed by atoms with Crippen LogP contribution >= 0.6 is 12.2 Å². The predicted octanol–water partition coefficient (Wildman–Crippen LogP) is 0.966. The molecular weight excluding hydrogens is 132 g/mol. The van der Waals surface area contributed by atoms with E-state index in [4.69, 9.17) is 12.2 Å². The van der Waals surface area contributed by atoms with Crippen molar-refractivity contribution < 1.29 is 0 Å². The first-order valence-electron chi connectivity index (χ1n) is 2.80. The van der Waals surface area contributed by atoms with Crippen molar-refractivity contribution in [3.8, 4) is 0 Å². The van der Waals surface area contributed by atoms with E-state index in [9.17, 15) is 0 Å². The fourth-order valence-corrected chi connectivity index (χ4v) is 0.407. The van der Waals surface area contributed by atoms with Crippen LogP contribution in [0.4, 0.5) is 0 Å². The summed E-state index contributed by atoms with van der Waals surface area (Å²) >= 11 is 4.73. The Morgan fingerprint density at radius 2 is 2.22 bits per heavy atom. The maximum absolute atomic E-state index is 4.73. The molecule has 0 saturated carbocycles. The largest absolute Gasteiger partial charge is 0.304 e. The third kappa shape index (κ3) is 7.72. The van der Waals surface area contributed by atoms with E-state index in [-0.39, 0.29) is 0 Å². The van der Waals surface area contributed by atoms with Crippen LogP contribution < -0.4 is 0 Å². The van der Waals surface area contributed by atoms with Crippen molar-refractivity contribution in [3.05, 3.63) is 0 Å². The Hall–Kier alpha value is -0.280. The van der Waals surface area contributed by atoms with E-state index in [2.05, 4.69) is 4.99 Å². The van der Waals surface area contributed by atoms with Crippen molar-refractivity contribution in [1.29, 1.82) is 0 Å². The molecule has 0 bridgehead atoms. The second-order valence-corrected chi connectivity index (χ2v) is 2.68. The number of rotatable bonds is 2. The Balaban J connectivity index is 3.36. The third-order valence-corrected chi connectivity index (χ3v) is 0.825. The highest BCUT2D eigenvalue weighted by molar-refractivity contribution is 7.80. The first-order valence-corrected chi connectivity index (χ1v) is 3.21. The summed E-state index contributed by atoms with van der Waals surface area (Å²) in [6.07, 6.45) is 1.81. The van der Waals surface area contributed by atoms with Crippen LogP contribution in [0.2, 0.25) is 0 Å². The van der Waals surface area contributed by atoms with Gasteiger partial charge in [0.25, 0.3) is 0 Å². The van der Waals surface area contributed by atoms with Crippen molar-refractivity contribution in [2.24, 2.45) is 4.99 Å². The Bertz CT molecular complexity index is 118. The van der Waals surface area contributed by atoms with Gasteiger partial charge in [-0.25, -0.2) is 0 Å². The van der Waals surface area contributed by atoms with E-state index in [0.29, 0.717) is 4.99 Å². The van der Waals surface area contributed by atoms with E-state index >= 15 is 0 Å². The molecular formula is C6H12N2S. The fourth-order valence-electron chi connectivity index (χ4n) is 0.333. The highest BCUT2D eigenvalue weighted by atomic mass is 32.1. The summed E-state index contributed by atoms with van der Waals surface area (Å²) < 4.78 is 0. The molecule has 0 amide bonds. The molecule has 0 aliphatic carbocycles. The summed E-state index contributed by atoms with van der Waals surface area (Å²) in [7, 11) is 3.98.